The number of rotatable bonds is 2. The number of para-hydroxylation sites is 2. The molecule has 94 valence electrons. The van der Waals surface area contributed by atoms with Crippen LogP contribution in [0, 0.1) is 4.77 Å². The molecule has 2 aromatic carbocycles. The topological polar surface area (TPSA) is 20.7 Å². The van der Waals surface area contributed by atoms with E-state index >= 15 is 0 Å². The first-order valence-electron chi connectivity index (χ1n) is 6.59. The summed E-state index contributed by atoms with van der Waals surface area (Å²) in [5, 5.41) is 0. The minimum absolute atomic E-state index is 0.506. The molecule has 19 heavy (non-hydrogen) atoms. The Morgan fingerprint density at radius 1 is 1.00 bits per heavy atom. The summed E-state index contributed by atoms with van der Waals surface area (Å²) >= 11 is 5.48. The highest BCUT2D eigenvalue weighted by molar-refractivity contribution is 7.71. The third-order valence-corrected chi connectivity index (χ3v) is 4.24. The van der Waals surface area contributed by atoms with E-state index in [0.717, 1.165) is 10.3 Å². The second kappa shape index (κ2) is 4.07. The predicted octanol–water partition coefficient (Wildman–Crippen LogP) is 4.43. The summed E-state index contributed by atoms with van der Waals surface area (Å²) in [6.07, 6.45) is 1.18. The van der Waals surface area contributed by atoms with E-state index in [1.54, 1.807) is 0 Å². The van der Waals surface area contributed by atoms with Crippen LogP contribution in [0.1, 0.15) is 23.9 Å². The quantitative estimate of drug-likeness (QED) is 0.681. The van der Waals surface area contributed by atoms with Gasteiger partial charge < -0.3 is 9.55 Å². The van der Waals surface area contributed by atoms with E-state index in [9.17, 15) is 0 Å². The first-order valence-corrected chi connectivity index (χ1v) is 6.99. The van der Waals surface area contributed by atoms with Crippen molar-refractivity contribution in [1.29, 1.82) is 0 Å². The summed E-state index contributed by atoms with van der Waals surface area (Å²) in [4.78, 5) is 3.30. The Kier molecular flexibility index (Phi) is 2.35. The van der Waals surface area contributed by atoms with Crippen LogP contribution in [0.5, 0.6) is 0 Å². The van der Waals surface area contributed by atoms with Crippen LogP contribution in [-0.2, 0) is 0 Å². The molecule has 3 heteroatoms. The number of benzene rings is 2. The lowest BCUT2D eigenvalue weighted by Gasteiger charge is -2.04. The van der Waals surface area contributed by atoms with Gasteiger partial charge in [0.05, 0.1) is 11.0 Å². The van der Waals surface area contributed by atoms with Gasteiger partial charge >= 0.3 is 0 Å². The maximum Gasteiger partial charge on any atom is 0.178 e. The Bertz CT molecular complexity index is 785. The molecule has 0 aliphatic heterocycles. The molecule has 3 aromatic rings. The van der Waals surface area contributed by atoms with E-state index < -0.39 is 0 Å². The standard InChI is InChI=1S/C16H14N2S/c19-16-17-13-8-4-5-9-14(13)18(16)15-10-12(15)11-6-2-1-3-7-11/h1-9,12,15H,10H2,(H,17,19). The fourth-order valence-corrected chi connectivity index (χ4v) is 3.27. The van der Waals surface area contributed by atoms with Crippen molar-refractivity contribution >= 4 is 23.3 Å². The van der Waals surface area contributed by atoms with Gasteiger partial charge in [-0.1, -0.05) is 42.5 Å². The van der Waals surface area contributed by atoms with Gasteiger partial charge in [-0.3, -0.25) is 0 Å². The van der Waals surface area contributed by atoms with Crippen LogP contribution in [0.3, 0.4) is 0 Å². The van der Waals surface area contributed by atoms with Crippen LogP contribution in [0.2, 0.25) is 0 Å². The fourth-order valence-electron chi connectivity index (χ4n) is 2.93. The van der Waals surface area contributed by atoms with Gasteiger partial charge in [0.25, 0.3) is 0 Å². The van der Waals surface area contributed by atoms with Crippen LogP contribution in [0.25, 0.3) is 11.0 Å². The minimum Gasteiger partial charge on any atom is -0.331 e. The SMILES string of the molecule is S=c1[nH]c2ccccc2n1C1CC1c1ccccc1. The third kappa shape index (κ3) is 1.73. The van der Waals surface area contributed by atoms with Crippen molar-refractivity contribution in [2.24, 2.45) is 0 Å². The minimum atomic E-state index is 0.506. The largest absolute Gasteiger partial charge is 0.331 e. The second-order valence-electron chi connectivity index (χ2n) is 5.14. The Labute approximate surface area is 116 Å². The highest BCUT2D eigenvalue weighted by Gasteiger charge is 2.40. The number of hydrogen-bond donors (Lipinski definition) is 1. The highest BCUT2D eigenvalue weighted by atomic mass is 32.1. The van der Waals surface area contributed by atoms with Crippen molar-refractivity contribution in [2.45, 2.75) is 18.4 Å². The molecule has 1 saturated carbocycles. The van der Waals surface area contributed by atoms with E-state index in [1.165, 1.54) is 17.5 Å². The molecular formula is C16H14N2S. The molecule has 0 amide bonds. The number of nitrogens with zero attached hydrogens (tertiary/aromatic N) is 1. The molecule has 1 aliphatic carbocycles. The summed E-state index contributed by atoms with van der Waals surface area (Å²) in [6, 6.07) is 19.6. The number of aromatic nitrogens is 2. The van der Waals surface area contributed by atoms with Crippen LogP contribution >= 0.6 is 12.2 Å². The maximum atomic E-state index is 5.48. The van der Waals surface area contributed by atoms with Crippen LogP contribution < -0.4 is 0 Å². The van der Waals surface area contributed by atoms with E-state index in [-0.39, 0.29) is 0 Å². The van der Waals surface area contributed by atoms with Crippen molar-refractivity contribution in [1.82, 2.24) is 9.55 Å². The first-order chi connectivity index (χ1) is 9.34. The van der Waals surface area contributed by atoms with Crippen LogP contribution in [0.4, 0.5) is 0 Å². The van der Waals surface area contributed by atoms with E-state index in [4.69, 9.17) is 12.2 Å². The van der Waals surface area contributed by atoms with Crippen LogP contribution in [0.15, 0.2) is 54.6 Å². The van der Waals surface area contributed by atoms with Gasteiger partial charge in [0.1, 0.15) is 0 Å². The lowest BCUT2D eigenvalue weighted by Crippen LogP contribution is -1.95. The zero-order valence-electron chi connectivity index (χ0n) is 10.4. The summed E-state index contributed by atoms with van der Waals surface area (Å²) < 4.78 is 3.12. The van der Waals surface area contributed by atoms with Crippen molar-refractivity contribution in [3.63, 3.8) is 0 Å². The molecule has 2 unspecified atom stereocenters. The molecule has 0 bridgehead atoms. The normalized spacial score (nSPS) is 21.7. The molecule has 1 heterocycles. The van der Waals surface area contributed by atoms with Crippen molar-refractivity contribution < 1.29 is 0 Å². The van der Waals surface area contributed by atoms with Gasteiger partial charge in [-0.05, 0) is 36.3 Å². The Balaban J connectivity index is 1.78. The summed E-state index contributed by atoms with van der Waals surface area (Å²) in [7, 11) is 0. The number of imidazole rings is 1. The second-order valence-corrected chi connectivity index (χ2v) is 5.52. The zero-order valence-corrected chi connectivity index (χ0v) is 11.2. The monoisotopic (exact) mass is 266 g/mol. The van der Waals surface area contributed by atoms with Crippen molar-refractivity contribution in [3.8, 4) is 0 Å². The lowest BCUT2D eigenvalue weighted by atomic mass is 10.1. The molecule has 4 rings (SSSR count). The predicted molar refractivity (Wildman–Crippen MR) is 80.0 cm³/mol. The van der Waals surface area contributed by atoms with Crippen molar-refractivity contribution in [2.75, 3.05) is 0 Å². The third-order valence-electron chi connectivity index (χ3n) is 3.94. The summed E-state index contributed by atoms with van der Waals surface area (Å²) in [5.74, 6) is 0.604. The Morgan fingerprint density at radius 2 is 1.74 bits per heavy atom. The summed E-state index contributed by atoms with van der Waals surface area (Å²) in [6.45, 7) is 0. The Hall–Kier alpha value is -1.87. The van der Waals surface area contributed by atoms with E-state index in [1.807, 2.05) is 6.07 Å². The maximum absolute atomic E-state index is 5.48. The Morgan fingerprint density at radius 3 is 2.58 bits per heavy atom. The van der Waals surface area contributed by atoms with Gasteiger partial charge in [-0.15, -0.1) is 0 Å². The van der Waals surface area contributed by atoms with Gasteiger partial charge in [0, 0.05) is 12.0 Å². The number of nitrogens with one attached hydrogen (secondary N) is 1. The smallest absolute Gasteiger partial charge is 0.178 e. The molecule has 0 spiro atoms. The van der Waals surface area contributed by atoms with E-state index in [0.29, 0.717) is 12.0 Å². The van der Waals surface area contributed by atoms with Crippen molar-refractivity contribution in [3.05, 3.63) is 64.9 Å². The number of aromatic amines is 1. The molecule has 1 fully saturated rings. The van der Waals surface area contributed by atoms with Gasteiger partial charge in [-0.2, -0.15) is 0 Å². The molecule has 2 atom stereocenters. The highest BCUT2D eigenvalue weighted by Crippen LogP contribution is 2.52. The van der Waals surface area contributed by atoms with Gasteiger partial charge in [-0.25, -0.2) is 0 Å². The van der Waals surface area contributed by atoms with Gasteiger partial charge in [0.15, 0.2) is 4.77 Å². The lowest BCUT2D eigenvalue weighted by molar-refractivity contribution is 0.728. The first kappa shape index (κ1) is 11.0. The van der Waals surface area contributed by atoms with Gasteiger partial charge in [0.2, 0.25) is 0 Å². The molecule has 2 nitrogen and oxygen atoms in total. The number of fused-ring (bicyclic) bond motifs is 1. The molecule has 1 aliphatic rings. The molecule has 0 saturated heterocycles. The molecular weight excluding hydrogens is 252 g/mol. The number of hydrogen-bond acceptors (Lipinski definition) is 1. The van der Waals surface area contributed by atoms with Crippen LogP contribution in [-0.4, -0.2) is 9.55 Å². The summed E-state index contributed by atoms with van der Waals surface area (Å²) in [5.41, 5.74) is 3.77. The fraction of sp³-hybridized carbons (Fsp3) is 0.188. The average molecular weight is 266 g/mol. The zero-order chi connectivity index (χ0) is 12.8. The molecule has 1 N–H and O–H groups in total. The molecule has 0 radical (unpaired) electrons. The average Bonchev–Trinajstić information content (AvgIpc) is 3.15. The molecule has 1 aromatic heterocycles. The van der Waals surface area contributed by atoms with E-state index in [2.05, 4.69) is 58.1 Å². The number of H-pyrrole nitrogens is 1.